The van der Waals surface area contributed by atoms with Crippen LogP contribution in [0.5, 0.6) is 0 Å². The summed E-state index contributed by atoms with van der Waals surface area (Å²) in [7, 11) is 0. The van der Waals surface area contributed by atoms with E-state index in [1.807, 2.05) is 40.6 Å². The van der Waals surface area contributed by atoms with Gasteiger partial charge in [-0.25, -0.2) is 0 Å². The molecule has 0 radical (unpaired) electrons. The van der Waals surface area contributed by atoms with Gasteiger partial charge in [0.2, 0.25) is 11.8 Å². The van der Waals surface area contributed by atoms with E-state index in [0.29, 0.717) is 13.0 Å². The Morgan fingerprint density at radius 2 is 2.21 bits per heavy atom. The van der Waals surface area contributed by atoms with Gasteiger partial charge >= 0.3 is 0 Å². The molecule has 24 heavy (non-hydrogen) atoms. The molecule has 1 unspecified atom stereocenters. The highest BCUT2D eigenvalue weighted by Gasteiger charge is 2.30. The molecule has 2 amide bonds. The minimum absolute atomic E-state index is 0.0368. The van der Waals surface area contributed by atoms with Crippen LogP contribution >= 0.6 is 11.3 Å². The number of aromatic nitrogens is 1. The molecule has 1 saturated heterocycles. The van der Waals surface area contributed by atoms with Gasteiger partial charge in [0.1, 0.15) is 0 Å². The summed E-state index contributed by atoms with van der Waals surface area (Å²) in [6.45, 7) is 2.69. The third-order valence-electron chi connectivity index (χ3n) is 4.17. The molecule has 0 aromatic carbocycles. The van der Waals surface area contributed by atoms with E-state index in [-0.39, 0.29) is 17.9 Å². The van der Waals surface area contributed by atoms with E-state index in [2.05, 4.69) is 10.3 Å². The quantitative estimate of drug-likeness (QED) is 0.908. The van der Waals surface area contributed by atoms with Crippen molar-refractivity contribution >= 4 is 23.2 Å². The molecule has 2 aromatic heterocycles. The summed E-state index contributed by atoms with van der Waals surface area (Å²) in [6, 6.07) is 9.82. The molecule has 1 aliphatic rings. The van der Waals surface area contributed by atoms with Crippen LogP contribution in [0.25, 0.3) is 0 Å². The fourth-order valence-corrected chi connectivity index (χ4v) is 3.73. The van der Waals surface area contributed by atoms with Gasteiger partial charge in [-0.05, 0) is 36.4 Å². The van der Waals surface area contributed by atoms with Gasteiger partial charge in [0.15, 0.2) is 0 Å². The summed E-state index contributed by atoms with van der Waals surface area (Å²) in [6.07, 6.45) is 2.39. The van der Waals surface area contributed by atoms with E-state index in [9.17, 15) is 9.59 Å². The Morgan fingerprint density at radius 1 is 1.33 bits per heavy atom. The Kier molecular flexibility index (Phi) is 5.25. The SMILES string of the molecule is CC(=O)NCc1cccc(C2CCCN2C(=O)Cc2cccs2)n1. The van der Waals surface area contributed by atoms with Crippen LogP contribution in [0.15, 0.2) is 35.7 Å². The molecule has 1 fully saturated rings. The highest BCUT2D eigenvalue weighted by Crippen LogP contribution is 2.31. The van der Waals surface area contributed by atoms with Gasteiger partial charge in [-0.15, -0.1) is 11.3 Å². The van der Waals surface area contributed by atoms with Gasteiger partial charge in [0, 0.05) is 18.3 Å². The molecular weight excluding hydrogens is 322 g/mol. The number of pyridine rings is 1. The lowest BCUT2D eigenvalue weighted by molar-refractivity contribution is -0.131. The Bertz CT molecular complexity index is 715. The molecule has 5 nitrogen and oxygen atoms in total. The molecule has 1 atom stereocenters. The lowest BCUT2D eigenvalue weighted by Crippen LogP contribution is -2.32. The highest BCUT2D eigenvalue weighted by molar-refractivity contribution is 7.10. The van der Waals surface area contributed by atoms with Gasteiger partial charge in [0.25, 0.3) is 0 Å². The van der Waals surface area contributed by atoms with Gasteiger partial charge in [-0.3, -0.25) is 14.6 Å². The van der Waals surface area contributed by atoms with Crippen LogP contribution in [-0.4, -0.2) is 28.2 Å². The van der Waals surface area contributed by atoms with Gasteiger partial charge in [-0.1, -0.05) is 12.1 Å². The summed E-state index contributed by atoms with van der Waals surface area (Å²) in [4.78, 5) is 31.4. The van der Waals surface area contributed by atoms with Crippen LogP contribution in [-0.2, 0) is 22.6 Å². The largest absolute Gasteiger partial charge is 0.351 e. The smallest absolute Gasteiger partial charge is 0.228 e. The molecule has 3 heterocycles. The van der Waals surface area contributed by atoms with Crippen LogP contribution in [0.3, 0.4) is 0 Å². The minimum atomic E-state index is -0.0733. The zero-order valence-corrected chi connectivity index (χ0v) is 14.5. The standard InChI is InChI=1S/C18H21N3O2S/c1-13(22)19-12-14-5-2-7-16(20-14)17-8-3-9-21(17)18(23)11-15-6-4-10-24-15/h2,4-7,10,17H,3,8-9,11-12H2,1H3,(H,19,22). The number of thiophene rings is 1. The Hall–Kier alpha value is -2.21. The highest BCUT2D eigenvalue weighted by atomic mass is 32.1. The molecule has 2 aromatic rings. The number of carbonyl (C=O) groups excluding carboxylic acids is 2. The maximum Gasteiger partial charge on any atom is 0.228 e. The van der Waals surface area contributed by atoms with Crippen molar-refractivity contribution in [1.29, 1.82) is 0 Å². The first-order valence-corrected chi connectivity index (χ1v) is 9.03. The molecule has 1 aliphatic heterocycles. The summed E-state index contributed by atoms with van der Waals surface area (Å²) < 4.78 is 0. The maximum atomic E-state index is 12.6. The molecule has 6 heteroatoms. The van der Waals surface area contributed by atoms with Crippen molar-refractivity contribution < 1.29 is 9.59 Å². The third-order valence-corrected chi connectivity index (χ3v) is 5.04. The lowest BCUT2D eigenvalue weighted by atomic mass is 10.1. The second-order valence-electron chi connectivity index (χ2n) is 5.96. The Morgan fingerprint density at radius 3 is 2.96 bits per heavy atom. The first kappa shape index (κ1) is 16.6. The van der Waals surface area contributed by atoms with Crippen LogP contribution in [0.1, 0.15) is 42.1 Å². The molecule has 0 saturated carbocycles. The topological polar surface area (TPSA) is 62.3 Å². The van der Waals surface area contributed by atoms with Crippen LogP contribution < -0.4 is 5.32 Å². The average molecular weight is 343 g/mol. The van der Waals surface area contributed by atoms with Crippen molar-refractivity contribution in [3.05, 3.63) is 52.0 Å². The van der Waals surface area contributed by atoms with Crippen molar-refractivity contribution in [2.24, 2.45) is 0 Å². The number of nitrogens with zero attached hydrogens (tertiary/aromatic N) is 2. The van der Waals surface area contributed by atoms with E-state index in [0.717, 1.165) is 35.7 Å². The number of hydrogen-bond acceptors (Lipinski definition) is 4. The molecule has 3 rings (SSSR count). The molecule has 0 spiro atoms. The number of amides is 2. The summed E-state index contributed by atoms with van der Waals surface area (Å²) in [5.74, 6) is 0.0878. The van der Waals surface area contributed by atoms with Crippen molar-refractivity contribution in [2.45, 2.75) is 38.8 Å². The predicted octanol–water partition coefficient (Wildman–Crippen LogP) is 2.69. The van der Waals surface area contributed by atoms with Gasteiger partial charge in [0.05, 0.1) is 30.4 Å². The second kappa shape index (κ2) is 7.57. The number of rotatable bonds is 5. The third kappa shape index (κ3) is 4.00. The molecule has 0 aliphatic carbocycles. The molecule has 0 bridgehead atoms. The number of carbonyl (C=O) groups is 2. The average Bonchev–Trinajstić information content (AvgIpc) is 3.24. The first-order chi connectivity index (χ1) is 11.6. The Balaban J connectivity index is 1.71. The van der Waals surface area contributed by atoms with E-state index in [1.165, 1.54) is 6.92 Å². The summed E-state index contributed by atoms with van der Waals surface area (Å²) in [5.41, 5.74) is 1.73. The van der Waals surface area contributed by atoms with Crippen LogP contribution in [0.4, 0.5) is 0 Å². The van der Waals surface area contributed by atoms with E-state index in [4.69, 9.17) is 0 Å². The van der Waals surface area contributed by atoms with Crippen molar-refractivity contribution in [2.75, 3.05) is 6.54 Å². The second-order valence-corrected chi connectivity index (χ2v) is 7.00. The Labute approximate surface area is 145 Å². The normalized spacial score (nSPS) is 17.0. The molecule has 1 N–H and O–H groups in total. The minimum Gasteiger partial charge on any atom is -0.351 e. The predicted molar refractivity (Wildman–Crippen MR) is 93.5 cm³/mol. The van der Waals surface area contributed by atoms with Crippen molar-refractivity contribution in [3.8, 4) is 0 Å². The zero-order chi connectivity index (χ0) is 16.9. The fraction of sp³-hybridized carbons (Fsp3) is 0.389. The van der Waals surface area contributed by atoms with Crippen molar-refractivity contribution in [1.82, 2.24) is 15.2 Å². The zero-order valence-electron chi connectivity index (χ0n) is 13.7. The van der Waals surface area contributed by atoms with E-state index in [1.54, 1.807) is 11.3 Å². The number of likely N-dealkylation sites (tertiary alicyclic amines) is 1. The maximum absolute atomic E-state index is 12.6. The van der Waals surface area contributed by atoms with Crippen LogP contribution in [0.2, 0.25) is 0 Å². The van der Waals surface area contributed by atoms with E-state index >= 15 is 0 Å². The monoisotopic (exact) mass is 343 g/mol. The summed E-state index contributed by atoms with van der Waals surface area (Å²) >= 11 is 1.62. The first-order valence-electron chi connectivity index (χ1n) is 8.15. The molecular formula is C18H21N3O2S. The fourth-order valence-electron chi connectivity index (χ4n) is 3.03. The number of hydrogen-bond donors (Lipinski definition) is 1. The molecule has 126 valence electrons. The van der Waals surface area contributed by atoms with Crippen molar-refractivity contribution in [3.63, 3.8) is 0 Å². The number of nitrogens with one attached hydrogen (secondary N) is 1. The van der Waals surface area contributed by atoms with Gasteiger partial charge < -0.3 is 10.2 Å². The summed E-state index contributed by atoms with van der Waals surface area (Å²) in [5, 5.41) is 4.76. The van der Waals surface area contributed by atoms with E-state index < -0.39 is 0 Å². The van der Waals surface area contributed by atoms with Gasteiger partial charge in [-0.2, -0.15) is 0 Å². The lowest BCUT2D eigenvalue weighted by Gasteiger charge is -2.24. The van der Waals surface area contributed by atoms with Crippen LogP contribution in [0, 0.1) is 0 Å².